The lowest BCUT2D eigenvalue weighted by Gasteiger charge is -2.10. The Labute approximate surface area is 91.0 Å². The maximum absolute atomic E-state index is 11.3. The van der Waals surface area contributed by atoms with Gasteiger partial charge in [-0.05, 0) is 6.42 Å². The average molecular weight is 228 g/mol. The second-order valence-corrected chi connectivity index (χ2v) is 3.03. The molecule has 0 aromatic carbocycles. The summed E-state index contributed by atoms with van der Waals surface area (Å²) in [7, 11) is 0. The normalized spacial score (nSPS) is 12.1. The molecule has 0 saturated carbocycles. The number of carbonyl (C=O) groups excluding carboxylic acids is 1. The van der Waals surface area contributed by atoms with Gasteiger partial charge in [-0.1, -0.05) is 6.92 Å². The van der Waals surface area contributed by atoms with Gasteiger partial charge in [0.05, 0.1) is 0 Å². The van der Waals surface area contributed by atoms with Crippen LogP contribution in [0.15, 0.2) is 6.33 Å². The van der Waals surface area contributed by atoms with E-state index in [-0.39, 0.29) is 18.9 Å². The van der Waals surface area contributed by atoms with E-state index in [1.165, 1.54) is 11.0 Å². The van der Waals surface area contributed by atoms with Crippen LogP contribution < -0.4 is 5.73 Å². The van der Waals surface area contributed by atoms with Crippen molar-refractivity contribution in [3.05, 3.63) is 6.33 Å². The van der Waals surface area contributed by atoms with Gasteiger partial charge in [0.1, 0.15) is 12.9 Å². The first-order valence-electron chi connectivity index (χ1n) is 4.60. The Morgan fingerprint density at radius 2 is 2.38 bits per heavy atom. The fraction of sp³-hybridized carbons (Fsp3) is 0.500. The van der Waals surface area contributed by atoms with Gasteiger partial charge in [0.15, 0.2) is 6.10 Å². The van der Waals surface area contributed by atoms with Crippen LogP contribution in [-0.2, 0) is 20.9 Å². The molecule has 1 atom stereocenters. The summed E-state index contributed by atoms with van der Waals surface area (Å²) in [5.41, 5.74) is 5.24. The van der Waals surface area contributed by atoms with Crippen LogP contribution in [0.4, 0.5) is 5.95 Å². The number of nitrogens with zero attached hydrogens (tertiary/aromatic N) is 3. The summed E-state index contributed by atoms with van der Waals surface area (Å²) in [6, 6.07) is 0. The minimum Gasteiger partial charge on any atom is -0.479 e. The van der Waals surface area contributed by atoms with Gasteiger partial charge in [0.25, 0.3) is 0 Å². The molecule has 8 nitrogen and oxygen atoms in total. The molecule has 1 aromatic heterocycles. The smallest absolute Gasteiger partial charge is 0.345 e. The minimum atomic E-state index is -1.17. The van der Waals surface area contributed by atoms with Crippen LogP contribution in [-0.4, -0.2) is 37.9 Å². The van der Waals surface area contributed by atoms with Crippen LogP contribution >= 0.6 is 0 Å². The summed E-state index contributed by atoms with van der Waals surface area (Å²) in [6.07, 6.45) is 0.340. The SMILES string of the molecule is CCC(OC(=O)Cn1cnc(N)n1)C(=O)O. The number of carboxylic acid groups (broad SMARTS) is 1. The van der Waals surface area contributed by atoms with Crippen LogP contribution in [0.25, 0.3) is 0 Å². The first-order chi connectivity index (χ1) is 7.52. The molecule has 0 saturated heterocycles. The van der Waals surface area contributed by atoms with Crippen molar-refractivity contribution in [1.29, 1.82) is 0 Å². The number of anilines is 1. The Morgan fingerprint density at radius 3 is 2.81 bits per heavy atom. The van der Waals surface area contributed by atoms with E-state index in [1.54, 1.807) is 6.92 Å². The highest BCUT2D eigenvalue weighted by Gasteiger charge is 2.20. The van der Waals surface area contributed by atoms with Crippen molar-refractivity contribution in [3.8, 4) is 0 Å². The first-order valence-corrected chi connectivity index (χ1v) is 4.60. The molecule has 0 aliphatic heterocycles. The standard InChI is InChI=1S/C8H12N4O4/c1-2-5(7(14)15)16-6(13)3-12-4-10-8(9)11-12/h4-5H,2-3H2,1H3,(H2,9,11)(H,14,15). The lowest BCUT2D eigenvalue weighted by atomic mass is 10.3. The molecule has 0 spiro atoms. The molecule has 0 aliphatic carbocycles. The number of aromatic nitrogens is 3. The van der Waals surface area contributed by atoms with Crippen LogP contribution in [0.5, 0.6) is 0 Å². The predicted molar refractivity (Wildman–Crippen MR) is 52.2 cm³/mol. The topological polar surface area (TPSA) is 120 Å². The molecule has 1 unspecified atom stereocenters. The van der Waals surface area contributed by atoms with Crippen molar-refractivity contribution in [2.24, 2.45) is 0 Å². The third-order valence-electron chi connectivity index (χ3n) is 1.77. The first kappa shape index (κ1) is 12.0. The molecule has 8 heteroatoms. The number of hydrogen-bond acceptors (Lipinski definition) is 6. The Morgan fingerprint density at radius 1 is 1.69 bits per heavy atom. The lowest BCUT2D eigenvalue weighted by Crippen LogP contribution is -2.28. The van der Waals surface area contributed by atoms with E-state index >= 15 is 0 Å². The van der Waals surface area contributed by atoms with Gasteiger partial charge in [0.2, 0.25) is 5.95 Å². The number of esters is 1. The van der Waals surface area contributed by atoms with Gasteiger partial charge < -0.3 is 15.6 Å². The van der Waals surface area contributed by atoms with Gasteiger partial charge >= 0.3 is 11.9 Å². The summed E-state index contributed by atoms with van der Waals surface area (Å²) in [4.78, 5) is 25.5. The largest absolute Gasteiger partial charge is 0.479 e. The van der Waals surface area contributed by atoms with E-state index in [0.717, 1.165) is 0 Å². The third kappa shape index (κ3) is 3.23. The number of rotatable bonds is 5. The van der Waals surface area contributed by atoms with Gasteiger partial charge in [-0.2, -0.15) is 0 Å². The highest BCUT2D eigenvalue weighted by atomic mass is 16.6. The zero-order chi connectivity index (χ0) is 12.1. The average Bonchev–Trinajstić information content (AvgIpc) is 2.60. The van der Waals surface area contributed by atoms with Crippen LogP contribution in [0.1, 0.15) is 13.3 Å². The molecular weight excluding hydrogens is 216 g/mol. The number of nitrogens with two attached hydrogens (primary N) is 1. The zero-order valence-electron chi connectivity index (χ0n) is 8.66. The van der Waals surface area contributed by atoms with Gasteiger partial charge in [0, 0.05) is 0 Å². The Kier molecular flexibility index (Phi) is 3.81. The number of nitrogen functional groups attached to an aromatic ring is 1. The molecule has 3 N–H and O–H groups in total. The predicted octanol–water partition coefficient (Wildman–Crippen LogP) is -0.733. The fourth-order valence-corrected chi connectivity index (χ4v) is 1.02. The van der Waals surface area contributed by atoms with Crippen LogP contribution in [0, 0.1) is 0 Å². The molecule has 1 aromatic rings. The number of aliphatic carboxylic acids is 1. The van der Waals surface area contributed by atoms with Crippen molar-refractivity contribution in [2.75, 3.05) is 5.73 Å². The second-order valence-electron chi connectivity index (χ2n) is 3.03. The number of ether oxygens (including phenoxy) is 1. The lowest BCUT2D eigenvalue weighted by molar-refractivity contribution is -0.164. The van der Waals surface area contributed by atoms with Crippen molar-refractivity contribution >= 4 is 17.9 Å². The quantitative estimate of drug-likeness (QED) is 0.637. The molecule has 1 rings (SSSR count). The van der Waals surface area contributed by atoms with Crippen molar-refractivity contribution in [2.45, 2.75) is 26.0 Å². The highest BCUT2D eigenvalue weighted by molar-refractivity contribution is 5.77. The zero-order valence-corrected chi connectivity index (χ0v) is 8.66. The third-order valence-corrected chi connectivity index (χ3v) is 1.77. The molecule has 1 heterocycles. The summed E-state index contributed by atoms with van der Waals surface area (Å²) >= 11 is 0. The second kappa shape index (κ2) is 5.10. The molecular formula is C8H12N4O4. The Hall–Kier alpha value is -2.12. The molecule has 0 radical (unpaired) electrons. The van der Waals surface area contributed by atoms with Crippen molar-refractivity contribution in [1.82, 2.24) is 14.8 Å². The monoisotopic (exact) mass is 228 g/mol. The maximum Gasteiger partial charge on any atom is 0.345 e. The minimum absolute atomic E-state index is 0.0399. The van der Waals surface area contributed by atoms with Crippen molar-refractivity contribution < 1.29 is 19.4 Å². The number of hydrogen-bond donors (Lipinski definition) is 2. The van der Waals surface area contributed by atoms with E-state index in [1.807, 2.05) is 0 Å². The van der Waals surface area contributed by atoms with Gasteiger partial charge in [-0.25, -0.2) is 14.5 Å². The Bertz CT molecular complexity index is 389. The Balaban J connectivity index is 2.50. The van der Waals surface area contributed by atoms with Crippen molar-refractivity contribution in [3.63, 3.8) is 0 Å². The van der Waals surface area contributed by atoms with Gasteiger partial charge in [-0.3, -0.25) is 4.79 Å². The highest BCUT2D eigenvalue weighted by Crippen LogP contribution is 2.00. The maximum atomic E-state index is 11.3. The van der Waals surface area contributed by atoms with E-state index in [4.69, 9.17) is 15.6 Å². The van der Waals surface area contributed by atoms with Gasteiger partial charge in [-0.15, -0.1) is 5.10 Å². The molecule has 0 amide bonds. The van der Waals surface area contributed by atoms with Crippen LogP contribution in [0.3, 0.4) is 0 Å². The van der Waals surface area contributed by atoms with E-state index in [0.29, 0.717) is 0 Å². The summed E-state index contributed by atoms with van der Waals surface area (Å²) in [5.74, 6) is -1.83. The molecule has 0 bridgehead atoms. The fourth-order valence-electron chi connectivity index (χ4n) is 1.02. The molecule has 88 valence electrons. The number of carboxylic acids is 1. The van der Waals surface area contributed by atoms with Crippen LogP contribution in [0.2, 0.25) is 0 Å². The van der Waals surface area contributed by atoms with E-state index in [9.17, 15) is 9.59 Å². The number of carbonyl (C=O) groups is 2. The summed E-state index contributed by atoms with van der Waals surface area (Å²) < 4.78 is 5.88. The summed E-state index contributed by atoms with van der Waals surface area (Å²) in [6.45, 7) is 1.40. The summed E-state index contributed by atoms with van der Waals surface area (Å²) in [5, 5.41) is 12.3. The molecule has 0 fully saturated rings. The van der Waals surface area contributed by atoms with E-state index in [2.05, 4.69) is 10.1 Å². The molecule has 0 aliphatic rings. The van der Waals surface area contributed by atoms with E-state index < -0.39 is 18.0 Å². The molecule has 16 heavy (non-hydrogen) atoms.